The van der Waals surface area contributed by atoms with Gasteiger partial charge in [-0.25, -0.2) is 4.39 Å². The average molecular weight is 381 g/mol. The first-order valence-electron chi connectivity index (χ1n) is 7.70. The fourth-order valence-electron chi connectivity index (χ4n) is 2.47. The molecule has 2 N–H and O–H groups in total. The first-order chi connectivity index (χ1) is 11.9. The fourth-order valence-corrected chi connectivity index (χ4v) is 2.81. The van der Waals surface area contributed by atoms with E-state index in [1.54, 1.807) is 24.3 Å². The van der Waals surface area contributed by atoms with E-state index >= 15 is 0 Å². The summed E-state index contributed by atoms with van der Waals surface area (Å²) in [6, 6.07) is 10.5. The maximum Gasteiger partial charge on any atom is 0.240 e. The standard InChI is InChI=1S/C18H15Cl2FN2O2/c19-12-3-6-14(20)15(9-12)23-17(25)18(7-8-18)16(24)22-10-11-1-4-13(21)5-2-11/h1-6,9H,7-8,10H2,(H,22,24)(H,23,25). The lowest BCUT2D eigenvalue weighted by atomic mass is 10.0. The van der Waals surface area contributed by atoms with Crippen LogP contribution >= 0.6 is 23.2 Å². The van der Waals surface area contributed by atoms with Gasteiger partial charge < -0.3 is 10.6 Å². The van der Waals surface area contributed by atoms with Crippen LogP contribution in [0.15, 0.2) is 42.5 Å². The van der Waals surface area contributed by atoms with Gasteiger partial charge in [0, 0.05) is 11.6 Å². The lowest BCUT2D eigenvalue weighted by Crippen LogP contribution is -2.39. The second-order valence-electron chi connectivity index (χ2n) is 5.97. The van der Waals surface area contributed by atoms with Gasteiger partial charge in [-0.05, 0) is 48.7 Å². The van der Waals surface area contributed by atoms with Crippen LogP contribution < -0.4 is 10.6 Å². The maximum absolute atomic E-state index is 12.9. The van der Waals surface area contributed by atoms with Crippen molar-refractivity contribution in [3.63, 3.8) is 0 Å². The molecule has 3 rings (SSSR count). The molecule has 1 aliphatic carbocycles. The summed E-state index contributed by atoms with van der Waals surface area (Å²) in [5.74, 6) is -1.10. The molecule has 7 heteroatoms. The van der Waals surface area contributed by atoms with Crippen LogP contribution in [0.3, 0.4) is 0 Å². The van der Waals surface area contributed by atoms with Gasteiger partial charge in [0.2, 0.25) is 11.8 Å². The number of hydrogen-bond donors (Lipinski definition) is 2. The Morgan fingerprint density at radius 1 is 1.04 bits per heavy atom. The van der Waals surface area contributed by atoms with Gasteiger partial charge in [-0.2, -0.15) is 0 Å². The van der Waals surface area contributed by atoms with E-state index in [2.05, 4.69) is 10.6 Å². The third kappa shape index (κ3) is 3.94. The minimum atomic E-state index is -1.09. The Morgan fingerprint density at radius 2 is 1.72 bits per heavy atom. The van der Waals surface area contributed by atoms with Gasteiger partial charge in [-0.1, -0.05) is 35.3 Å². The summed E-state index contributed by atoms with van der Waals surface area (Å²) in [5, 5.41) is 6.19. The van der Waals surface area contributed by atoms with Crippen molar-refractivity contribution >= 4 is 40.7 Å². The Balaban J connectivity index is 1.64. The van der Waals surface area contributed by atoms with E-state index in [0.29, 0.717) is 28.6 Å². The monoisotopic (exact) mass is 380 g/mol. The Kier molecular flexibility index (Phi) is 4.97. The van der Waals surface area contributed by atoms with Gasteiger partial charge in [0.05, 0.1) is 10.7 Å². The molecule has 130 valence electrons. The average Bonchev–Trinajstić information content (AvgIpc) is 3.39. The second kappa shape index (κ2) is 7.02. The molecule has 2 aromatic rings. The lowest BCUT2D eigenvalue weighted by molar-refractivity contribution is -0.134. The molecule has 0 atom stereocenters. The van der Waals surface area contributed by atoms with E-state index in [4.69, 9.17) is 23.2 Å². The summed E-state index contributed by atoms with van der Waals surface area (Å²) >= 11 is 11.9. The molecular formula is C18H15Cl2FN2O2. The number of amides is 2. The number of benzene rings is 2. The number of carbonyl (C=O) groups excluding carboxylic acids is 2. The number of rotatable bonds is 5. The van der Waals surface area contributed by atoms with Crippen LogP contribution in [0, 0.1) is 11.2 Å². The van der Waals surface area contributed by atoms with E-state index in [1.807, 2.05) is 0 Å². The molecule has 0 saturated heterocycles. The molecule has 0 aliphatic heterocycles. The summed E-state index contributed by atoms with van der Waals surface area (Å²) in [4.78, 5) is 25.0. The van der Waals surface area contributed by atoms with Crippen molar-refractivity contribution in [3.05, 3.63) is 63.9 Å². The predicted molar refractivity (Wildman–Crippen MR) is 95.0 cm³/mol. The molecule has 2 aromatic carbocycles. The van der Waals surface area contributed by atoms with E-state index in [1.165, 1.54) is 18.2 Å². The molecule has 1 aliphatic rings. The van der Waals surface area contributed by atoms with E-state index in [-0.39, 0.29) is 18.3 Å². The van der Waals surface area contributed by atoms with E-state index in [9.17, 15) is 14.0 Å². The molecule has 0 spiro atoms. The van der Waals surface area contributed by atoms with Crippen molar-refractivity contribution in [2.24, 2.45) is 5.41 Å². The molecule has 0 radical (unpaired) electrons. The van der Waals surface area contributed by atoms with Crippen LogP contribution in [-0.2, 0) is 16.1 Å². The highest BCUT2D eigenvalue weighted by molar-refractivity contribution is 6.36. The van der Waals surface area contributed by atoms with Gasteiger partial charge in [-0.15, -0.1) is 0 Å². The highest BCUT2D eigenvalue weighted by Crippen LogP contribution is 2.47. The molecule has 1 fully saturated rings. The van der Waals surface area contributed by atoms with Crippen molar-refractivity contribution < 1.29 is 14.0 Å². The van der Waals surface area contributed by atoms with Crippen molar-refractivity contribution in [2.45, 2.75) is 19.4 Å². The van der Waals surface area contributed by atoms with Crippen molar-refractivity contribution in [3.8, 4) is 0 Å². The fraction of sp³-hybridized carbons (Fsp3) is 0.222. The molecule has 0 aromatic heterocycles. The largest absolute Gasteiger partial charge is 0.351 e. The molecule has 2 amide bonds. The van der Waals surface area contributed by atoms with Crippen LogP contribution in [-0.4, -0.2) is 11.8 Å². The number of hydrogen-bond acceptors (Lipinski definition) is 2. The molecule has 0 unspecified atom stereocenters. The van der Waals surface area contributed by atoms with Gasteiger partial charge in [-0.3, -0.25) is 9.59 Å². The highest BCUT2D eigenvalue weighted by Gasteiger charge is 2.56. The zero-order chi connectivity index (χ0) is 18.0. The van der Waals surface area contributed by atoms with Gasteiger partial charge in [0.25, 0.3) is 0 Å². The number of halogens is 3. The summed E-state index contributed by atoms with van der Waals surface area (Å²) in [6.45, 7) is 0.228. The summed E-state index contributed by atoms with van der Waals surface area (Å²) < 4.78 is 12.9. The number of nitrogens with one attached hydrogen (secondary N) is 2. The first-order valence-corrected chi connectivity index (χ1v) is 8.45. The van der Waals surface area contributed by atoms with Crippen LogP contribution in [0.5, 0.6) is 0 Å². The maximum atomic E-state index is 12.9. The van der Waals surface area contributed by atoms with Crippen LogP contribution in [0.1, 0.15) is 18.4 Å². The third-order valence-electron chi connectivity index (χ3n) is 4.16. The quantitative estimate of drug-likeness (QED) is 0.764. The smallest absolute Gasteiger partial charge is 0.240 e. The lowest BCUT2D eigenvalue weighted by Gasteiger charge is -2.16. The molecule has 1 saturated carbocycles. The first kappa shape index (κ1) is 17.7. The Labute approximate surface area is 154 Å². The number of anilines is 1. The molecule has 0 heterocycles. The van der Waals surface area contributed by atoms with E-state index in [0.717, 1.165) is 5.56 Å². The minimum absolute atomic E-state index is 0.228. The Hall–Kier alpha value is -2.11. The molecule has 25 heavy (non-hydrogen) atoms. The minimum Gasteiger partial charge on any atom is -0.351 e. The predicted octanol–water partition coefficient (Wildman–Crippen LogP) is 4.17. The Bertz CT molecular complexity index is 820. The van der Waals surface area contributed by atoms with Gasteiger partial charge >= 0.3 is 0 Å². The van der Waals surface area contributed by atoms with Gasteiger partial charge in [0.1, 0.15) is 11.2 Å². The van der Waals surface area contributed by atoms with Crippen molar-refractivity contribution in [1.29, 1.82) is 0 Å². The molecular weight excluding hydrogens is 366 g/mol. The number of carbonyl (C=O) groups is 2. The van der Waals surface area contributed by atoms with Crippen LogP contribution in [0.25, 0.3) is 0 Å². The molecule has 4 nitrogen and oxygen atoms in total. The van der Waals surface area contributed by atoms with Crippen LogP contribution in [0.4, 0.5) is 10.1 Å². The second-order valence-corrected chi connectivity index (χ2v) is 6.81. The van der Waals surface area contributed by atoms with E-state index < -0.39 is 11.3 Å². The summed E-state index contributed by atoms with van der Waals surface area (Å²) in [5.41, 5.74) is 0.0340. The van der Waals surface area contributed by atoms with Crippen molar-refractivity contribution in [1.82, 2.24) is 5.32 Å². The molecule has 0 bridgehead atoms. The van der Waals surface area contributed by atoms with Crippen molar-refractivity contribution in [2.75, 3.05) is 5.32 Å². The zero-order valence-electron chi connectivity index (χ0n) is 13.1. The van der Waals surface area contributed by atoms with Crippen LogP contribution in [0.2, 0.25) is 10.0 Å². The summed E-state index contributed by atoms with van der Waals surface area (Å²) in [6.07, 6.45) is 0.929. The summed E-state index contributed by atoms with van der Waals surface area (Å²) in [7, 11) is 0. The normalized spacial score (nSPS) is 14.7. The zero-order valence-corrected chi connectivity index (χ0v) is 14.6. The topological polar surface area (TPSA) is 58.2 Å². The highest BCUT2D eigenvalue weighted by atomic mass is 35.5. The Morgan fingerprint density at radius 3 is 2.36 bits per heavy atom. The third-order valence-corrected chi connectivity index (χ3v) is 4.73. The SMILES string of the molecule is O=C(NCc1ccc(F)cc1)C1(C(=O)Nc2cc(Cl)ccc2Cl)CC1. The van der Waals surface area contributed by atoms with Gasteiger partial charge in [0.15, 0.2) is 0 Å².